The maximum atomic E-state index is 11.0. The summed E-state index contributed by atoms with van der Waals surface area (Å²) in [5.41, 5.74) is 0.157. The molecule has 0 fully saturated rings. The maximum Gasteiger partial charge on any atom is 0.335 e. The van der Waals surface area contributed by atoms with Gasteiger partial charge in [0.1, 0.15) is 6.61 Å². The summed E-state index contributed by atoms with van der Waals surface area (Å²) in [6.07, 6.45) is 0. The molecule has 0 amide bonds. The van der Waals surface area contributed by atoms with Crippen molar-refractivity contribution in [3.8, 4) is 11.5 Å². The van der Waals surface area contributed by atoms with Crippen molar-refractivity contribution in [1.82, 2.24) is 4.90 Å². The third-order valence-electron chi connectivity index (χ3n) is 3.02. The van der Waals surface area contributed by atoms with Crippen LogP contribution in [0.1, 0.15) is 24.2 Å². The smallest absolute Gasteiger partial charge is 0.335 e. The first-order valence-corrected chi connectivity index (χ1v) is 7.28. The van der Waals surface area contributed by atoms with Crippen LogP contribution in [0.5, 0.6) is 11.5 Å². The van der Waals surface area contributed by atoms with Gasteiger partial charge < -0.3 is 19.5 Å². The molecule has 0 aliphatic rings. The Kier molecular flexibility index (Phi) is 6.81. The van der Waals surface area contributed by atoms with Gasteiger partial charge in [0.05, 0.1) is 17.1 Å². The summed E-state index contributed by atoms with van der Waals surface area (Å²) in [7, 11) is 1.49. The third-order valence-corrected chi connectivity index (χ3v) is 3.61. The summed E-state index contributed by atoms with van der Waals surface area (Å²) in [6, 6.07) is 2.97. The van der Waals surface area contributed by atoms with Crippen molar-refractivity contribution in [2.45, 2.75) is 13.8 Å². The van der Waals surface area contributed by atoms with Crippen LogP contribution in [0.15, 0.2) is 16.6 Å². The fourth-order valence-electron chi connectivity index (χ4n) is 1.80. The van der Waals surface area contributed by atoms with Gasteiger partial charge >= 0.3 is 5.97 Å². The summed E-state index contributed by atoms with van der Waals surface area (Å²) >= 11 is 3.33. The van der Waals surface area contributed by atoms with Crippen molar-refractivity contribution in [1.29, 1.82) is 0 Å². The number of likely N-dealkylation sites (N-methyl/N-ethyl adjacent to an activating group) is 1. The predicted octanol–water partition coefficient (Wildman–Crippen LogP) is 2.88. The van der Waals surface area contributed by atoms with E-state index in [0.29, 0.717) is 22.6 Å². The van der Waals surface area contributed by atoms with Crippen LogP contribution in [-0.2, 0) is 0 Å². The van der Waals surface area contributed by atoms with Gasteiger partial charge in [0, 0.05) is 6.54 Å². The molecule has 6 heteroatoms. The molecule has 0 heterocycles. The normalized spacial score (nSPS) is 10.7. The first-order valence-electron chi connectivity index (χ1n) is 6.49. The average molecular weight is 346 g/mol. The quantitative estimate of drug-likeness (QED) is 0.784. The van der Waals surface area contributed by atoms with E-state index in [2.05, 4.69) is 34.7 Å². The molecular weight excluding hydrogens is 326 g/mol. The van der Waals surface area contributed by atoms with Crippen molar-refractivity contribution in [3.63, 3.8) is 0 Å². The molecule has 20 heavy (non-hydrogen) atoms. The zero-order chi connectivity index (χ0) is 15.1. The molecular formula is C14H20BrNO4. The van der Waals surface area contributed by atoms with E-state index in [1.807, 2.05) is 0 Å². The second-order valence-electron chi connectivity index (χ2n) is 4.17. The van der Waals surface area contributed by atoms with Gasteiger partial charge in [0.15, 0.2) is 11.5 Å². The molecule has 0 unspecified atom stereocenters. The van der Waals surface area contributed by atoms with Crippen molar-refractivity contribution < 1.29 is 19.4 Å². The number of rotatable bonds is 8. The maximum absolute atomic E-state index is 11.0. The first kappa shape index (κ1) is 16.8. The molecule has 0 aromatic heterocycles. The summed E-state index contributed by atoms with van der Waals surface area (Å²) in [6.45, 7) is 7.46. The molecule has 0 radical (unpaired) electrons. The minimum absolute atomic E-state index is 0.157. The van der Waals surface area contributed by atoms with E-state index in [9.17, 15) is 4.79 Å². The van der Waals surface area contributed by atoms with Crippen LogP contribution in [0.4, 0.5) is 0 Å². The molecule has 0 bridgehead atoms. The number of halogens is 1. The Hall–Kier alpha value is -1.27. The number of carbonyl (C=O) groups is 1. The van der Waals surface area contributed by atoms with Crippen molar-refractivity contribution in [2.24, 2.45) is 0 Å². The van der Waals surface area contributed by atoms with Crippen LogP contribution in [0.2, 0.25) is 0 Å². The lowest BCUT2D eigenvalue weighted by atomic mass is 10.2. The monoisotopic (exact) mass is 345 g/mol. The number of carboxylic acid groups (broad SMARTS) is 1. The second kappa shape index (κ2) is 8.11. The fraction of sp³-hybridized carbons (Fsp3) is 0.500. The highest BCUT2D eigenvalue weighted by atomic mass is 79.9. The molecule has 1 aromatic carbocycles. The van der Waals surface area contributed by atoms with Gasteiger partial charge in [-0.15, -0.1) is 0 Å². The molecule has 1 N–H and O–H groups in total. The summed E-state index contributed by atoms with van der Waals surface area (Å²) < 4.78 is 11.5. The Morgan fingerprint density at radius 2 is 2.00 bits per heavy atom. The zero-order valence-corrected chi connectivity index (χ0v) is 13.6. The van der Waals surface area contributed by atoms with Gasteiger partial charge in [0.2, 0.25) is 0 Å². The first-order chi connectivity index (χ1) is 9.53. The predicted molar refractivity (Wildman–Crippen MR) is 80.9 cm³/mol. The fourth-order valence-corrected chi connectivity index (χ4v) is 2.36. The second-order valence-corrected chi connectivity index (χ2v) is 5.02. The van der Waals surface area contributed by atoms with E-state index < -0.39 is 5.97 Å². The molecule has 0 atom stereocenters. The number of nitrogens with zero attached hydrogens (tertiary/aromatic N) is 1. The number of ether oxygens (including phenoxy) is 2. The van der Waals surface area contributed by atoms with Crippen molar-refractivity contribution in [2.75, 3.05) is 33.4 Å². The average Bonchev–Trinajstić information content (AvgIpc) is 2.44. The largest absolute Gasteiger partial charge is 0.493 e. The molecule has 112 valence electrons. The summed E-state index contributed by atoms with van der Waals surface area (Å²) in [4.78, 5) is 13.2. The van der Waals surface area contributed by atoms with Crippen LogP contribution < -0.4 is 9.47 Å². The van der Waals surface area contributed by atoms with Crippen LogP contribution in [0, 0.1) is 0 Å². The number of carboxylic acids is 1. The van der Waals surface area contributed by atoms with Gasteiger partial charge in [-0.2, -0.15) is 0 Å². The number of hydrogen-bond acceptors (Lipinski definition) is 4. The van der Waals surface area contributed by atoms with E-state index in [4.69, 9.17) is 14.6 Å². The molecule has 0 aliphatic heterocycles. The lowest BCUT2D eigenvalue weighted by Gasteiger charge is -2.19. The molecule has 0 saturated carbocycles. The molecule has 0 spiro atoms. The zero-order valence-electron chi connectivity index (χ0n) is 12.0. The Morgan fingerprint density at radius 3 is 2.50 bits per heavy atom. The Bertz CT molecular complexity index is 461. The topological polar surface area (TPSA) is 59.0 Å². The van der Waals surface area contributed by atoms with Crippen molar-refractivity contribution >= 4 is 21.9 Å². The van der Waals surface area contributed by atoms with E-state index in [1.54, 1.807) is 0 Å². The molecule has 1 rings (SSSR count). The number of hydrogen-bond donors (Lipinski definition) is 1. The van der Waals surface area contributed by atoms with Crippen molar-refractivity contribution in [3.05, 3.63) is 22.2 Å². The highest BCUT2D eigenvalue weighted by Gasteiger charge is 2.15. The lowest BCUT2D eigenvalue weighted by molar-refractivity contribution is 0.0696. The van der Waals surface area contributed by atoms with E-state index in [-0.39, 0.29) is 5.56 Å². The SMILES string of the molecule is CCN(CC)CCOc1c(Br)cc(C(=O)O)cc1OC. The van der Waals surface area contributed by atoms with Gasteiger partial charge in [-0.3, -0.25) is 0 Å². The van der Waals surface area contributed by atoms with E-state index in [1.165, 1.54) is 19.2 Å². The summed E-state index contributed by atoms with van der Waals surface area (Å²) in [5, 5.41) is 9.01. The van der Waals surface area contributed by atoms with Gasteiger partial charge in [-0.1, -0.05) is 13.8 Å². The number of aromatic carboxylic acids is 1. The highest BCUT2D eigenvalue weighted by molar-refractivity contribution is 9.10. The van der Waals surface area contributed by atoms with Crippen LogP contribution >= 0.6 is 15.9 Å². The minimum Gasteiger partial charge on any atom is -0.493 e. The Labute approximate surface area is 127 Å². The van der Waals surface area contributed by atoms with E-state index in [0.717, 1.165) is 19.6 Å². The van der Waals surface area contributed by atoms with Crippen LogP contribution in [-0.4, -0.2) is 49.3 Å². The third kappa shape index (κ3) is 4.38. The standard InChI is InChI=1S/C14H20BrNO4/c1-4-16(5-2)6-7-20-13-11(15)8-10(14(17)18)9-12(13)19-3/h8-9H,4-7H2,1-3H3,(H,17,18). The van der Waals surface area contributed by atoms with Crippen LogP contribution in [0.25, 0.3) is 0 Å². The van der Waals surface area contributed by atoms with Gasteiger partial charge in [0.25, 0.3) is 0 Å². The highest BCUT2D eigenvalue weighted by Crippen LogP contribution is 2.36. The Balaban J connectivity index is 2.81. The molecule has 0 aliphatic carbocycles. The van der Waals surface area contributed by atoms with Gasteiger partial charge in [-0.25, -0.2) is 4.79 Å². The van der Waals surface area contributed by atoms with Crippen LogP contribution in [0.3, 0.4) is 0 Å². The molecule has 0 saturated heterocycles. The number of benzene rings is 1. The minimum atomic E-state index is -1.00. The Morgan fingerprint density at radius 1 is 1.35 bits per heavy atom. The summed E-state index contributed by atoms with van der Waals surface area (Å²) in [5.74, 6) is -0.0559. The van der Waals surface area contributed by atoms with Gasteiger partial charge in [-0.05, 0) is 41.2 Å². The lowest BCUT2D eigenvalue weighted by Crippen LogP contribution is -2.28. The number of methoxy groups -OCH3 is 1. The van der Waals surface area contributed by atoms with E-state index >= 15 is 0 Å². The molecule has 5 nitrogen and oxygen atoms in total. The molecule has 1 aromatic rings.